The summed E-state index contributed by atoms with van der Waals surface area (Å²) in [6.07, 6.45) is 0. The van der Waals surface area contributed by atoms with Crippen LogP contribution in [0, 0.1) is 5.92 Å². The molecule has 0 fully saturated rings. The first-order valence-corrected chi connectivity index (χ1v) is 10.7. The Morgan fingerprint density at radius 3 is 1.88 bits per heavy atom. The molecule has 0 saturated heterocycles. The summed E-state index contributed by atoms with van der Waals surface area (Å²) >= 11 is 0. The van der Waals surface area contributed by atoms with Crippen LogP contribution in [-0.2, 0) is 4.79 Å². The van der Waals surface area contributed by atoms with Crippen LogP contribution >= 0.6 is 0 Å². The molecule has 0 unspecified atom stereocenters. The summed E-state index contributed by atoms with van der Waals surface area (Å²) in [7, 11) is 1.54. The number of amides is 3. The number of anilines is 1. The van der Waals surface area contributed by atoms with Crippen molar-refractivity contribution in [2.75, 3.05) is 25.1 Å². The van der Waals surface area contributed by atoms with E-state index in [2.05, 4.69) is 34.9 Å². The number of methoxy groups -OCH3 is 1. The third-order valence-electron chi connectivity index (χ3n) is 5.15. The van der Waals surface area contributed by atoms with Crippen molar-refractivity contribution in [1.82, 2.24) is 16.2 Å². The number of nitrogens with one attached hydrogen (secondary N) is 3. The van der Waals surface area contributed by atoms with Crippen LogP contribution in [0.15, 0.2) is 48.5 Å². The van der Waals surface area contributed by atoms with Crippen molar-refractivity contribution < 1.29 is 19.1 Å². The molecule has 0 aliphatic heterocycles. The number of hydrogen-bond acceptors (Lipinski definition) is 5. The largest absolute Gasteiger partial charge is 0.497 e. The Kier molecular flexibility index (Phi) is 9.07. The highest BCUT2D eigenvalue weighted by atomic mass is 16.5. The van der Waals surface area contributed by atoms with E-state index in [0.29, 0.717) is 16.9 Å². The van der Waals surface area contributed by atoms with Gasteiger partial charge < -0.3 is 15.0 Å². The molecule has 32 heavy (non-hydrogen) atoms. The lowest BCUT2D eigenvalue weighted by Gasteiger charge is -2.22. The molecular formula is C24H32N4O4. The third-order valence-corrected chi connectivity index (χ3v) is 5.15. The first kappa shape index (κ1) is 24.7. The van der Waals surface area contributed by atoms with Gasteiger partial charge in [0.2, 0.25) is 0 Å². The number of hydrogen-bond donors (Lipinski definition) is 3. The van der Waals surface area contributed by atoms with Crippen molar-refractivity contribution in [2.24, 2.45) is 5.92 Å². The van der Waals surface area contributed by atoms with E-state index < -0.39 is 17.9 Å². The van der Waals surface area contributed by atoms with E-state index in [0.717, 1.165) is 18.8 Å². The second kappa shape index (κ2) is 11.7. The predicted molar refractivity (Wildman–Crippen MR) is 125 cm³/mol. The van der Waals surface area contributed by atoms with Gasteiger partial charge in [0.05, 0.1) is 7.11 Å². The maximum absolute atomic E-state index is 12.6. The fraction of sp³-hybridized carbons (Fsp3) is 0.375. The lowest BCUT2D eigenvalue weighted by molar-refractivity contribution is -0.124. The molecule has 0 saturated carbocycles. The van der Waals surface area contributed by atoms with Crippen LogP contribution in [0.2, 0.25) is 0 Å². The molecule has 0 aliphatic rings. The zero-order valence-corrected chi connectivity index (χ0v) is 19.3. The Morgan fingerprint density at radius 1 is 0.844 bits per heavy atom. The smallest absolute Gasteiger partial charge is 0.269 e. The summed E-state index contributed by atoms with van der Waals surface area (Å²) in [6.45, 7) is 9.50. The second-order valence-corrected chi connectivity index (χ2v) is 7.59. The maximum Gasteiger partial charge on any atom is 0.269 e. The maximum atomic E-state index is 12.6. The van der Waals surface area contributed by atoms with E-state index in [4.69, 9.17) is 4.74 Å². The summed E-state index contributed by atoms with van der Waals surface area (Å²) in [6, 6.07) is 12.9. The van der Waals surface area contributed by atoms with Crippen LogP contribution in [0.4, 0.5) is 5.69 Å². The second-order valence-electron chi connectivity index (χ2n) is 7.59. The molecule has 2 aromatic carbocycles. The molecule has 1 atom stereocenters. The standard InChI is InChI=1S/C24H32N4O4/c1-6-28(7-2)19-12-8-18(9-13-19)23(30)26-27-24(31)21(16(3)4)25-22(29)17-10-14-20(32-5)15-11-17/h8-16,21H,6-7H2,1-5H3,(H,25,29)(H,26,30)(H,27,31)/t21-/m1/s1. The fourth-order valence-electron chi connectivity index (χ4n) is 3.18. The first-order valence-electron chi connectivity index (χ1n) is 10.7. The zero-order valence-electron chi connectivity index (χ0n) is 19.3. The Balaban J connectivity index is 1.97. The van der Waals surface area contributed by atoms with Crippen molar-refractivity contribution in [3.05, 3.63) is 59.7 Å². The van der Waals surface area contributed by atoms with Gasteiger partial charge in [-0.2, -0.15) is 0 Å². The molecule has 0 aliphatic carbocycles. The molecule has 3 N–H and O–H groups in total. The Bertz CT molecular complexity index is 907. The van der Waals surface area contributed by atoms with Gasteiger partial charge in [0.25, 0.3) is 17.7 Å². The summed E-state index contributed by atoms with van der Waals surface area (Å²) in [5, 5.41) is 2.72. The van der Waals surface area contributed by atoms with E-state index in [9.17, 15) is 14.4 Å². The number of carbonyl (C=O) groups is 3. The fourth-order valence-corrected chi connectivity index (χ4v) is 3.18. The van der Waals surface area contributed by atoms with Crippen molar-refractivity contribution in [3.8, 4) is 5.75 Å². The van der Waals surface area contributed by atoms with Gasteiger partial charge in [-0.3, -0.25) is 25.2 Å². The van der Waals surface area contributed by atoms with Crippen LogP contribution in [-0.4, -0.2) is 44.0 Å². The molecule has 3 amide bonds. The van der Waals surface area contributed by atoms with Crippen LogP contribution in [0.1, 0.15) is 48.4 Å². The van der Waals surface area contributed by atoms with E-state index in [1.165, 1.54) is 0 Å². The minimum atomic E-state index is -0.824. The van der Waals surface area contributed by atoms with Crippen molar-refractivity contribution in [2.45, 2.75) is 33.7 Å². The average Bonchev–Trinajstić information content (AvgIpc) is 2.81. The molecule has 172 valence electrons. The van der Waals surface area contributed by atoms with Gasteiger partial charge in [0.1, 0.15) is 11.8 Å². The van der Waals surface area contributed by atoms with Crippen molar-refractivity contribution in [1.29, 1.82) is 0 Å². The minimum Gasteiger partial charge on any atom is -0.497 e. The van der Waals surface area contributed by atoms with Gasteiger partial charge in [-0.15, -0.1) is 0 Å². The lowest BCUT2D eigenvalue weighted by Crippen LogP contribution is -2.54. The summed E-state index contributed by atoms with van der Waals surface area (Å²) < 4.78 is 5.09. The number of rotatable bonds is 9. The third kappa shape index (κ3) is 6.47. The van der Waals surface area contributed by atoms with Gasteiger partial charge in [0.15, 0.2) is 0 Å². The molecule has 8 heteroatoms. The number of benzene rings is 2. The highest BCUT2D eigenvalue weighted by Crippen LogP contribution is 2.15. The van der Waals surface area contributed by atoms with Crippen molar-refractivity contribution >= 4 is 23.4 Å². The SMILES string of the molecule is CCN(CC)c1ccc(C(=O)NNC(=O)[C@H](NC(=O)c2ccc(OC)cc2)C(C)C)cc1. The van der Waals surface area contributed by atoms with Crippen LogP contribution in [0.25, 0.3) is 0 Å². The quantitative estimate of drug-likeness (QED) is 0.521. The predicted octanol–water partition coefficient (Wildman–Crippen LogP) is 2.76. The molecule has 0 aromatic heterocycles. The van der Waals surface area contributed by atoms with Crippen LogP contribution in [0.3, 0.4) is 0 Å². The molecule has 8 nitrogen and oxygen atoms in total. The van der Waals surface area contributed by atoms with Gasteiger partial charge in [-0.1, -0.05) is 13.8 Å². The van der Waals surface area contributed by atoms with Gasteiger partial charge in [-0.05, 0) is 68.3 Å². The lowest BCUT2D eigenvalue weighted by atomic mass is 10.0. The van der Waals surface area contributed by atoms with Gasteiger partial charge >= 0.3 is 0 Å². The zero-order chi connectivity index (χ0) is 23.7. The number of nitrogens with zero attached hydrogens (tertiary/aromatic N) is 1. The van der Waals surface area contributed by atoms with E-state index in [1.54, 1.807) is 43.5 Å². The molecule has 0 radical (unpaired) electrons. The Morgan fingerprint density at radius 2 is 1.38 bits per heavy atom. The van der Waals surface area contributed by atoms with Crippen LogP contribution in [0.5, 0.6) is 5.75 Å². The Labute approximate surface area is 189 Å². The number of ether oxygens (including phenoxy) is 1. The topological polar surface area (TPSA) is 99.8 Å². The summed E-state index contributed by atoms with van der Waals surface area (Å²) in [5.41, 5.74) is 6.68. The highest BCUT2D eigenvalue weighted by molar-refractivity contribution is 5.99. The van der Waals surface area contributed by atoms with Gasteiger partial charge in [0, 0.05) is 29.9 Å². The monoisotopic (exact) mass is 440 g/mol. The average molecular weight is 441 g/mol. The first-order chi connectivity index (χ1) is 15.3. The molecule has 2 rings (SSSR count). The van der Waals surface area contributed by atoms with E-state index in [-0.39, 0.29) is 11.8 Å². The number of carbonyl (C=O) groups excluding carboxylic acids is 3. The molecular weight excluding hydrogens is 408 g/mol. The minimum absolute atomic E-state index is 0.192. The molecule has 2 aromatic rings. The van der Waals surface area contributed by atoms with Crippen molar-refractivity contribution in [3.63, 3.8) is 0 Å². The van der Waals surface area contributed by atoms with E-state index in [1.807, 2.05) is 26.0 Å². The number of hydrazine groups is 1. The molecule has 0 bridgehead atoms. The van der Waals surface area contributed by atoms with Crippen LogP contribution < -0.4 is 25.8 Å². The van der Waals surface area contributed by atoms with E-state index >= 15 is 0 Å². The van der Waals surface area contributed by atoms with Gasteiger partial charge in [-0.25, -0.2) is 0 Å². The normalized spacial score (nSPS) is 11.4. The molecule has 0 heterocycles. The molecule has 0 spiro atoms. The summed E-state index contributed by atoms with van der Waals surface area (Å²) in [5.74, 6) is -0.891. The summed E-state index contributed by atoms with van der Waals surface area (Å²) in [4.78, 5) is 39.8. The highest BCUT2D eigenvalue weighted by Gasteiger charge is 2.25. The Hall–Kier alpha value is -3.55.